The van der Waals surface area contributed by atoms with Crippen LogP contribution in [0.25, 0.3) is 5.69 Å². The molecule has 27 heavy (non-hydrogen) atoms. The van der Waals surface area contributed by atoms with Gasteiger partial charge < -0.3 is 19.8 Å². The maximum Gasteiger partial charge on any atom is 0.278 e. The summed E-state index contributed by atoms with van der Waals surface area (Å²) >= 11 is 0. The molecular weight excluding hydrogens is 356 g/mol. The van der Waals surface area contributed by atoms with E-state index in [-0.39, 0.29) is 17.1 Å². The highest BCUT2D eigenvalue weighted by Gasteiger charge is 2.25. The van der Waals surface area contributed by atoms with Crippen molar-refractivity contribution < 1.29 is 18.7 Å². The number of carbonyl (C=O) groups excluding carboxylic acids is 1. The van der Waals surface area contributed by atoms with Gasteiger partial charge in [-0.2, -0.15) is 5.10 Å². The molecule has 0 radical (unpaired) electrons. The van der Waals surface area contributed by atoms with Crippen LogP contribution in [0.1, 0.15) is 10.5 Å². The molecule has 1 fully saturated rings. The summed E-state index contributed by atoms with van der Waals surface area (Å²) < 4.78 is 28.1. The summed E-state index contributed by atoms with van der Waals surface area (Å²) in [6.45, 7) is 4.21. The Hall–Kier alpha value is -2.52. The topological polar surface area (TPSA) is 64.8 Å². The molecule has 2 aromatic rings. The number of likely N-dealkylation sites (N-methyl/N-ethyl adjacent to an activating group) is 2. The largest absolute Gasteiger partial charge is 0.504 e. The number of rotatable bonds is 2. The number of nitrogens with zero attached hydrogens (tertiary/aromatic N) is 5. The minimum Gasteiger partial charge on any atom is -0.504 e. The normalized spacial score (nSPS) is 17.4. The lowest BCUT2D eigenvalue weighted by molar-refractivity contribution is 0.0731. The maximum absolute atomic E-state index is 14.0. The Kier molecular flexibility index (Phi) is 5.71. The minimum absolute atomic E-state index is 0.0466. The van der Waals surface area contributed by atoms with Gasteiger partial charge in [0.2, 0.25) is 0 Å². The molecule has 146 valence electrons. The van der Waals surface area contributed by atoms with Crippen LogP contribution in [0.4, 0.5) is 8.78 Å². The predicted octanol–water partition coefficient (Wildman–Crippen LogP) is 1.18. The zero-order chi connectivity index (χ0) is 19.6. The summed E-state index contributed by atoms with van der Waals surface area (Å²) in [5.74, 6) is -2.31. The Balaban J connectivity index is 1.84. The lowest BCUT2D eigenvalue weighted by atomic mass is 10.3. The van der Waals surface area contributed by atoms with Gasteiger partial charge in [0, 0.05) is 45.3 Å². The Morgan fingerprint density at radius 1 is 1.04 bits per heavy atom. The lowest BCUT2D eigenvalue weighted by Crippen LogP contribution is -2.39. The van der Waals surface area contributed by atoms with Gasteiger partial charge in [0.1, 0.15) is 11.5 Å². The average Bonchev–Trinajstić information content (AvgIpc) is 3.02. The van der Waals surface area contributed by atoms with Gasteiger partial charge in [0.25, 0.3) is 5.91 Å². The van der Waals surface area contributed by atoms with Crippen molar-refractivity contribution in [2.75, 3.05) is 53.4 Å². The smallest absolute Gasteiger partial charge is 0.278 e. The molecule has 0 unspecified atom stereocenters. The SMILES string of the molecule is CN1CCN(C)CCN(C(=O)c2nn(-c3ccc(F)cc3F)cc2O)CC1. The maximum atomic E-state index is 14.0. The highest BCUT2D eigenvalue weighted by atomic mass is 19.1. The van der Waals surface area contributed by atoms with Crippen molar-refractivity contribution in [1.29, 1.82) is 0 Å². The monoisotopic (exact) mass is 379 g/mol. The van der Waals surface area contributed by atoms with Crippen LogP contribution >= 0.6 is 0 Å². The van der Waals surface area contributed by atoms with E-state index in [0.717, 1.165) is 36.1 Å². The van der Waals surface area contributed by atoms with Gasteiger partial charge in [0.05, 0.1) is 6.20 Å². The van der Waals surface area contributed by atoms with E-state index < -0.39 is 17.5 Å². The molecule has 3 rings (SSSR count). The van der Waals surface area contributed by atoms with Crippen LogP contribution in [0, 0.1) is 11.6 Å². The zero-order valence-electron chi connectivity index (χ0n) is 15.4. The first-order valence-electron chi connectivity index (χ1n) is 8.75. The second-order valence-corrected chi connectivity index (χ2v) is 6.80. The summed E-state index contributed by atoms with van der Waals surface area (Å²) in [6.07, 6.45) is 1.15. The summed E-state index contributed by atoms with van der Waals surface area (Å²) in [6, 6.07) is 3.02. The number of amides is 1. The van der Waals surface area contributed by atoms with Gasteiger partial charge in [0.15, 0.2) is 17.3 Å². The Morgan fingerprint density at radius 3 is 2.22 bits per heavy atom. The second kappa shape index (κ2) is 8.01. The van der Waals surface area contributed by atoms with Crippen LogP contribution in [-0.2, 0) is 0 Å². The molecule has 1 aliphatic rings. The van der Waals surface area contributed by atoms with Crippen molar-refractivity contribution in [2.24, 2.45) is 0 Å². The van der Waals surface area contributed by atoms with E-state index in [1.165, 1.54) is 6.07 Å². The van der Waals surface area contributed by atoms with Crippen molar-refractivity contribution in [3.05, 3.63) is 41.7 Å². The minimum atomic E-state index is -0.831. The first-order chi connectivity index (χ1) is 12.8. The molecule has 7 nitrogen and oxygen atoms in total. The average molecular weight is 379 g/mol. The van der Waals surface area contributed by atoms with E-state index in [9.17, 15) is 18.7 Å². The number of carbonyl (C=O) groups is 1. The first kappa shape index (κ1) is 19.2. The molecule has 2 heterocycles. The summed E-state index contributed by atoms with van der Waals surface area (Å²) in [5, 5.41) is 14.2. The fraction of sp³-hybridized carbons (Fsp3) is 0.444. The first-order valence-corrected chi connectivity index (χ1v) is 8.75. The van der Waals surface area contributed by atoms with E-state index in [0.29, 0.717) is 26.2 Å². The number of benzene rings is 1. The van der Waals surface area contributed by atoms with Crippen molar-refractivity contribution in [2.45, 2.75) is 0 Å². The molecule has 0 bridgehead atoms. The van der Waals surface area contributed by atoms with E-state index in [2.05, 4.69) is 14.9 Å². The van der Waals surface area contributed by atoms with Gasteiger partial charge in [-0.15, -0.1) is 0 Å². The molecule has 1 aromatic carbocycles. The molecule has 0 saturated carbocycles. The van der Waals surface area contributed by atoms with Crippen molar-refractivity contribution in [1.82, 2.24) is 24.5 Å². The van der Waals surface area contributed by atoms with Gasteiger partial charge in [-0.3, -0.25) is 4.79 Å². The molecule has 1 aliphatic heterocycles. The van der Waals surface area contributed by atoms with Gasteiger partial charge in [-0.1, -0.05) is 0 Å². The molecule has 0 spiro atoms. The highest BCUT2D eigenvalue weighted by Crippen LogP contribution is 2.22. The van der Waals surface area contributed by atoms with Crippen LogP contribution in [-0.4, -0.2) is 88.9 Å². The fourth-order valence-electron chi connectivity index (χ4n) is 2.92. The van der Waals surface area contributed by atoms with E-state index in [1.807, 2.05) is 14.1 Å². The highest BCUT2D eigenvalue weighted by molar-refractivity contribution is 5.94. The third-order valence-electron chi connectivity index (χ3n) is 4.71. The van der Waals surface area contributed by atoms with E-state index in [1.54, 1.807) is 4.90 Å². The zero-order valence-corrected chi connectivity index (χ0v) is 15.4. The molecule has 9 heteroatoms. The van der Waals surface area contributed by atoms with E-state index in [4.69, 9.17) is 0 Å². The summed E-state index contributed by atoms with van der Waals surface area (Å²) in [7, 11) is 3.98. The Labute approximate surface area is 156 Å². The number of hydrogen-bond acceptors (Lipinski definition) is 5. The molecular formula is C18H23F2N5O2. The molecule has 0 aliphatic carbocycles. The van der Waals surface area contributed by atoms with Crippen molar-refractivity contribution in [3.8, 4) is 11.4 Å². The second-order valence-electron chi connectivity index (χ2n) is 6.80. The molecule has 1 saturated heterocycles. The third kappa shape index (κ3) is 4.42. The van der Waals surface area contributed by atoms with Crippen LogP contribution in [0.5, 0.6) is 5.75 Å². The standard InChI is InChI=1S/C18H23F2N5O2/c1-22-5-6-23(2)8-10-24(9-7-22)18(27)17-16(26)12-25(21-17)15-4-3-13(19)11-14(15)20/h3-4,11-12,26H,5-10H2,1-2H3. The van der Waals surface area contributed by atoms with Crippen LogP contribution in [0.3, 0.4) is 0 Å². The van der Waals surface area contributed by atoms with Crippen LogP contribution in [0.15, 0.2) is 24.4 Å². The Morgan fingerprint density at radius 2 is 1.63 bits per heavy atom. The van der Waals surface area contributed by atoms with Gasteiger partial charge in [-0.25, -0.2) is 13.5 Å². The molecule has 0 atom stereocenters. The Bertz CT molecular complexity index is 812. The summed E-state index contributed by atoms with van der Waals surface area (Å²) in [4.78, 5) is 18.8. The number of aromatic hydroxyl groups is 1. The summed E-state index contributed by atoms with van der Waals surface area (Å²) in [5.41, 5.74) is -0.196. The van der Waals surface area contributed by atoms with Crippen LogP contribution < -0.4 is 0 Å². The predicted molar refractivity (Wildman–Crippen MR) is 96.0 cm³/mol. The lowest BCUT2D eigenvalue weighted by Gasteiger charge is -2.23. The number of halogens is 2. The fourth-order valence-corrected chi connectivity index (χ4v) is 2.92. The molecule has 1 amide bonds. The van der Waals surface area contributed by atoms with Gasteiger partial charge in [-0.05, 0) is 26.2 Å². The van der Waals surface area contributed by atoms with E-state index >= 15 is 0 Å². The van der Waals surface area contributed by atoms with Crippen molar-refractivity contribution >= 4 is 5.91 Å². The van der Waals surface area contributed by atoms with Gasteiger partial charge >= 0.3 is 0 Å². The van der Waals surface area contributed by atoms with Crippen LogP contribution in [0.2, 0.25) is 0 Å². The number of aromatic nitrogens is 2. The quantitative estimate of drug-likeness (QED) is 0.849. The molecule has 1 aromatic heterocycles. The third-order valence-corrected chi connectivity index (χ3v) is 4.71. The van der Waals surface area contributed by atoms with Crippen molar-refractivity contribution in [3.63, 3.8) is 0 Å². The number of hydrogen-bond donors (Lipinski definition) is 1. The molecule has 1 N–H and O–H groups in total.